The molecule has 0 aliphatic heterocycles. The van der Waals surface area contributed by atoms with E-state index >= 15 is 0 Å². The quantitative estimate of drug-likeness (QED) is 0.271. The Morgan fingerprint density at radius 1 is 0.821 bits per heavy atom. The van der Waals surface area contributed by atoms with E-state index in [9.17, 15) is 4.79 Å². The van der Waals surface area contributed by atoms with Gasteiger partial charge in [0.2, 0.25) is 5.89 Å². The van der Waals surface area contributed by atoms with Crippen LogP contribution in [0.3, 0.4) is 0 Å². The molecule has 3 aromatic rings. The molecule has 150 valence electrons. The van der Waals surface area contributed by atoms with Crippen molar-refractivity contribution in [3.8, 4) is 11.5 Å². The second kappa shape index (κ2) is 10.8. The fourth-order valence-corrected chi connectivity index (χ4v) is 3.44. The molecule has 0 saturated carbocycles. The number of hydrogen-bond acceptors (Lipinski definition) is 5. The number of aromatic nitrogens is 2. The Kier molecular flexibility index (Phi) is 7.82. The van der Waals surface area contributed by atoms with Crippen molar-refractivity contribution in [2.75, 3.05) is 0 Å². The van der Waals surface area contributed by atoms with E-state index in [1.165, 1.54) is 57.8 Å². The Labute approximate surface area is 166 Å². The summed E-state index contributed by atoms with van der Waals surface area (Å²) in [5.41, 5.74) is 0.426. The average molecular weight is 383 g/mol. The van der Waals surface area contributed by atoms with Gasteiger partial charge in [-0.25, -0.2) is 4.79 Å². The smallest absolute Gasteiger partial charge is 0.349 e. The molecule has 0 saturated heterocycles. The predicted molar refractivity (Wildman–Crippen MR) is 111 cm³/mol. The van der Waals surface area contributed by atoms with Gasteiger partial charge >= 0.3 is 5.63 Å². The first-order chi connectivity index (χ1) is 13.8. The molecule has 0 fully saturated rings. The fourth-order valence-electron chi connectivity index (χ4n) is 3.44. The molecule has 2 heterocycles. The third kappa shape index (κ3) is 5.78. The molecule has 5 nitrogen and oxygen atoms in total. The maximum atomic E-state index is 12.2. The van der Waals surface area contributed by atoms with E-state index in [0.29, 0.717) is 17.0 Å². The zero-order valence-electron chi connectivity index (χ0n) is 16.8. The van der Waals surface area contributed by atoms with Crippen LogP contribution in [-0.2, 0) is 6.42 Å². The van der Waals surface area contributed by atoms with Crippen molar-refractivity contribution in [3.63, 3.8) is 0 Å². The summed E-state index contributed by atoms with van der Waals surface area (Å²) in [5, 5.41) is 8.97. The average Bonchev–Trinajstić information content (AvgIpc) is 3.17. The van der Waals surface area contributed by atoms with Crippen LogP contribution in [0.5, 0.6) is 0 Å². The van der Waals surface area contributed by atoms with Crippen molar-refractivity contribution < 1.29 is 8.83 Å². The lowest BCUT2D eigenvalue weighted by molar-refractivity contribution is 0.481. The zero-order chi connectivity index (χ0) is 19.6. The van der Waals surface area contributed by atoms with Gasteiger partial charge in [0.25, 0.3) is 5.89 Å². The largest absolute Gasteiger partial charge is 0.422 e. The van der Waals surface area contributed by atoms with Crippen molar-refractivity contribution in [1.29, 1.82) is 0 Å². The maximum Gasteiger partial charge on any atom is 0.349 e. The summed E-state index contributed by atoms with van der Waals surface area (Å²) in [7, 11) is 0. The van der Waals surface area contributed by atoms with Crippen LogP contribution in [0.2, 0.25) is 0 Å². The third-order valence-corrected chi connectivity index (χ3v) is 5.08. The van der Waals surface area contributed by atoms with Gasteiger partial charge in [0.1, 0.15) is 11.1 Å². The van der Waals surface area contributed by atoms with Gasteiger partial charge in [0, 0.05) is 11.8 Å². The topological polar surface area (TPSA) is 69.1 Å². The summed E-state index contributed by atoms with van der Waals surface area (Å²) in [6, 6.07) is 9.14. The van der Waals surface area contributed by atoms with Crippen LogP contribution >= 0.6 is 0 Å². The summed E-state index contributed by atoms with van der Waals surface area (Å²) in [4.78, 5) is 12.2. The summed E-state index contributed by atoms with van der Waals surface area (Å²) < 4.78 is 11.0. The highest BCUT2D eigenvalue weighted by atomic mass is 16.4. The maximum absolute atomic E-state index is 12.2. The molecule has 0 aliphatic carbocycles. The summed E-state index contributed by atoms with van der Waals surface area (Å²) in [6.07, 6.45) is 13.6. The molecule has 28 heavy (non-hydrogen) atoms. The first kappa shape index (κ1) is 20.3. The number of aryl methyl sites for hydroxylation is 1. The molecule has 0 atom stereocenters. The predicted octanol–water partition coefficient (Wildman–Crippen LogP) is 6.31. The number of fused-ring (bicyclic) bond motifs is 1. The van der Waals surface area contributed by atoms with E-state index in [2.05, 4.69) is 17.1 Å². The van der Waals surface area contributed by atoms with Crippen LogP contribution in [0.25, 0.3) is 22.4 Å². The molecule has 0 aliphatic rings. The highest BCUT2D eigenvalue weighted by Crippen LogP contribution is 2.20. The first-order valence-electron chi connectivity index (χ1n) is 10.6. The number of hydrogen-bond donors (Lipinski definition) is 0. The Morgan fingerprint density at radius 2 is 1.50 bits per heavy atom. The Bertz CT molecular complexity index is 913. The summed E-state index contributed by atoms with van der Waals surface area (Å²) >= 11 is 0. The van der Waals surface area contributed by atoms with E-state index in [1.807, 2.05) is 18.2 Å². The number of rotatable bonds is 12. The minimum absolute atomic E-state index is 0.238. The lowest BCUT2D eigenvalue weighted by atomic mass is 10.1. The monoisotopic (exact) mass is 382 g/mol. The molecule has 0 bridgehead atoms. The van der Waals surface area contributed by atoms with Gasteiger partial charge in [-0.05, 0) is 18.6 Å². The third-order valence-electron chi connectivity index (χ3n) is 5.08. The first-order valence-corrected chi connectivity index (χ1v) is 10.6. The Morgan fingerprint density at radius 3 is 2.25 bits per heavy atom. The lowest BCUT2D eigenvalue weighted by Crippen LogP contribution is -2.02. The van der Waals surface area contributed by atoms with E-state index in [1.54, 1.807) is 12.1 Å². The normalized spacial score (nSPS) is 11.3. The van der Waals surface area contributed by atoms with Gasteiger partial charge in [-0.3, -0.25) is 0 Å². The molecular weight excluding hydrogens is 352 g/mol. The van der Waals surface area contributed by atoms with Gasteiger partial charge in [-0.2, -0.15) is 0 Å². The number of nitrogens with zero attached hydrogens (tertiary/aromatic N) is 2. The van der Waals surface area contributed by atoms with E-state index in [-0.39, 0.29) is 5.89 Å². The van der Waals surface area contributed by atoms with E-state index in [0.717, 1.165) is 18.2 Å². The van der Waals surface area contributed by atoms with Crippen molar-refractivity contribution >= 4 is 11.0 Å². The van der Waals surface area contributed by atoms with Crippen LogP contribution in [-0.4, -0.2) is 10.2 Å². The zero-order valence-corrected chi connectivity index (χ0v) is 16.8. The standard InChI is InChI=1S/C23H30N2O3/c1-2-3-4-5-6-7-8-9-10-11-16-21-24-25-22(28-21)19-17-18-14-12-13-15-20(18)27-23(19)26/h12-15,17H,2-11,16H2,1H3. The minimum atomic E-state index is -0.451. The second-order valence-corrected chi connectivity index (χ2v) is 7.42. The van der Waals surface area contributed by atoms with E-state index < -0.39 is 5.63 Å². The van der Waals surface area contributed by atoms with E-state index in [4.69, 9.17) is 8.83 Å². The van der Waals surface area contributed by atoms with Crippen LogP contribution in [0.15, 0.2) is 44.0 Å². The molecule has 0 amide bonds. The van der Waals surface area contributed by atoms with Crippen molar-refractivity contribution in [2.24, 2.45) is 0 Å². The Hall–Kier alpha value is -2.43. The number of unbranched alkanes of at least 4 members (excludes halogenated alkanes) is 9. The molecule has 5 heteroatoms. The molecule has 0 spiro atoms. The molecule has 1 aromatic carbocycles. The summed E-state index contributed by atoms with van der Waals surface area (Å²) in [5.74, 6) is 0.823. The SMILES string of the molecule is CCCCCCCCCCCCc1nnc(-c2cc3ccccc3oc2=O)o1. The minimum Gasteiger partial charge on any atom is -0.422 e. The number of para-hydroxylation sites is 1. The molecule has 2 aromatic heterocycles. The van der Waals surface area contributed by atoms with Crippen molar-refractivity contribution in [2.45, 2.75) is 77.6 Å². The summed E-state index contributed by atoms with van der Waals surface area (Å²) in [6.45, 7) is 2.25. The van der Waals surface area contributed by atoms with Crippen LogP contribution < -0.4 is 5.63 Å². The van der Waals surface area contributed by atoms with Crippen LogP contribution in [0, 0.1) is 0 Å². The molecule has 0 N–H and O–H groups in total. The van der Waals surface area contributed by atoms with Crippen LogP contribution in [0.1, 0.15) is 77.0 Å². The number of benzene rings is 1. The second-order valence-electron chi connectivity index (χ2n) is 7.42. The van der Waals surface area contributed by atoms with Crippen molar-refractivity contribution in [3.05, 3.63) is 46.6 Å². The molecule has 0 unspecified atom stereocenters. The van der Waals surface area contributed by atoms with Gasteiger partial charge in [-0.1, -0.05) is 82.9 Å². The van der Waals surface area contributed by atoms with Crippen LogP contribution in [0.4, 0.5) is 0 Å². The fraction of sp³-hybridized carbons (Fsp3) is 0.522. The highest BCUT2D eigenvalue weighted by Gasteiger charge is 2.14. The molecule has 3 rings (SSSR count). The molecular formula is C23H30N2O3. The Balaban J connectivity index is 1.43. The lowest BCUT2D eigenvalue weighted by Gasteiger charge is -2.01. The van der Waals surface area contributed by atoms with Gasteiger partial charge < -0.3 is 8.83 Å². The van der Waals surface area contributed by atoms with Crippen molar-refractivity contribution in [1.82, 2.24) is 10.2 Å². The highest BCUT2D eigenvalue weighted by molar-refractivity contribution is 5.79. The molecule has 0 radical (unpaired) electrons. The van der Waals surface area contributed by atoms with Gasteiger partial charge in [0.15, 0.2) is 0 Å². The van der Waals surface area contributed by atoms with Gasteiger partial charge in [-0.15, -0.1) is 10.2 Å². The van der Waals surface area contributed by atoms with Gasteiger partial charge in [0.05, 0.1) is 0 Å².